The molecule has 0 spiro atoms. The van der Waals surface area contributed by atoms with Gasteiger partial charge in [-0.1, -0.05) is 29.8 Å². The van der Waals surface area contributed by atoms with Gasteiger partial charge in [0, 0.05) is 13.1 Å². The fourth-order valence-corrected chi connectivity index (χ4v) is 2.71. The van der Waals surface area contributed by atoms with Crippen LogP contribution in [0.1, 0.15) is 34.5 Å². The maximum absolute atomic E-state index is 12.3. The van der Waals surface area contributed by atoms with E-state index in [1.165, 1.54) is 17.4 Å². The van der Waals surface area contributed by atoms with Crippen molar-refractivity contribution < 1.29 is 13.9 Å². The van der Waals surface area contributed by atoms with Crippen LogP contribution in [-0.4, -0.2) is 30.0 Å². The summed E-state index contributed by atoms with van der Waals surface area (Å²) in [6.07, 6.45) is 3.58. The van der Waals surface area contributed by atoms with Crippen molar-refractivity contribution in [2.24, 2.45) is 0 Å². The minimum Gasteiger partial charge on any atom is -0.459 e. The number of ether oxygens (including phenoxy) is 1. The zero-order valence-electron chi connectivity index (χ0n) is 12.8. The highest BCUT2D eigenvalue weighted by molar-refractivity contribution is 5.91. The molecule has 0 radical (unpaired) electrons. The topological polar surface area (TPSA) is 42.7 Å². The molecule has 0 bridgehead atoms. The summed E-state index contributed by atoms with van der Waals surface area (Å²) in [5.41, 5.74) is 2.41. The molecule has 22 heavy (non-hydrogen) atoms. The van der Waals surface area contributed by atoms with Gasteiger partial charge in [0.15, 0.2) is 5.76 Å². The Morgan fingerprint density at radius 2 is 2.14 bits per heavy atom. The maximum Gasteiger partial charge on any atom is 0.289 e. The van der Waals surface area contributed by atoms with Gasteiger partial charge in [-0.2, -0.15) is 0 Å². The van der Waals surface area contributed by atoms with Crippen molar-refractivity contribution in [3.05, 3.63) is 59.5 Å². The lowest BCUT2D eigenvalue weighted by molar-refractivity contribution is -0.00753. The number of hydrogen-bond acceptors (Lipinski definition) is 3. The molecule has 3 rings (SSSR count). The van der Waals surface area contributed by atoms with Crippen molar-refractivity contribution in [2.45, 2.75) is 32.5 Å². The van der Waals surface area contributed by atoms with E-state index in [1.54, 1.807) is 12.1 Å². The summed E-state index contributed by atoms with van der Waals surface area (Å²) in [4.78, 5) is 14.1. The van der Waals surface area contributed by atoms with E-state index in [-0.39, 0.29) is 12.0 Å². The fourth-order valence-electron chi connectivity index (χ4n) is 2.71. The van der Waals surface area contributed by atoms with Gasteiger partial charge in [0.25, 0.3) is 5.91 Å². The number of aryl methyl sites for hydroxylation is 1. The molecular formula is C18H21NO3. The van der Waals surface area contributed by atoms with Crippen LogP contribution >= 0.6 is 0 Å². The third kappa shape index (κ3) is 3.57. The van der Waals surface area contributed by atoms with E-state index in [0.717, 1.165) is 19.4 Å². The second-order valence-corrected chi connectivity index (χ2v) is 5.79. The molecule has 4 heteroatoms. The number of rotatable bonds is 4. The van der Waals surface area contributed by atoms with Crippen molar-refractivity contribution in [3.63, 3.8) is 0 Å². The van der Waals surface area contributed by atoms with Gasteiger partial charge in [-0.05, 0) is 37.5 Å². The molecular weight excluding hydrogens is 278 g/mol. The third-order valence-corrected chi connectivity index (χ3v) is 4.00. The summed E-state index contributed by atoms with van der Waals surface area (Å²) in [6, 6.07) is 11.8. The molecule has 4 nitrogen and oxygen atoms in total. The van der Waals surface area contributed by atoms with Crippen molar-refractivity contribution in [3.8, 4) is 0 Å². The van der Waals surface area contributed by atoms with Gasteiger partial charge in [-0.25, -0.2) is 0 Å². The molecule has 1 aromatic carbocycles. The van der Waals surface area contributed by atoms with E-state index in [2.05, 4.69) is 31.2 Å². The molecule has 1 aromatic heterocycles. The van der Waals surface area contributed by atoms with Crippen LogP contribution in [0.5, 0.6) is 0 Å². The molecule has 1 aliphatic heterocycles. The predicted octanol–water partition coefficient (Wildman–Crippen LogP) is 3.41. The number of piperidine rings is 1. The highest BCUT2D eigenvalue weighted by Crippen LogP contribution is 2.18. The number of benzene rings is 1. The zero-order valence-corrected chi connectivity index (χ0v) is 12.8. The first-order chi connectivity index (χ1) is 10.7. The normalized spacial score (nSPS) is 18.4. The minimum atomic E-state index is -0.0476. The summed E-state index contributed by atoms with van der Waals surface area (Å²) in [5, 5.41) is 0. The van der Waals surface area contributed by atoms with E-state index in [1.807, 2.05) is 4.90 Å². The van der Waals surface area contributed by atoms with Crippen LogP contribution in [0.25, 0.3) is 0 Å². The average molecular weight is 299 g/mol. The lowest BCUT2D eigenvalue weighted by Crippen LogP contribution is -2.43. The van der Waals surface area contributed by atoms with Crippen molar-refractivity contribution in [1.29, 1.82) is 0 Å². The van der Waals surface area contributed by atoms with Crippen LogP contribution in [0.4, 0.5) is 0 Å². The molecule has 0 aliphatic carbocycles. The van der Waals surface area contributed by atoms with Gasteiger partial charge in [0.2, 0.25) is 0 Å². The van der Waals surface area contributed by atoms with Crippen LogP contribution < -0.4 is 0 Å². The monoisotopic (exact) mass is 299 g/mol. The number of carbonyl (C=O) groups excluding carboxylic acids is 1. The lowest BCUT2D eigenvalue weighted by atomic mass is 10.1. The van der Waals surface area contributed by atoms with Crippen LogP contribution in [-0.2, 0) is 11.3 Å². The van der Waals surface area contributed by atoms with Gasteiger partial charge in [0.05, 0.1) is 19.0 Å². The van der Waals surface area contributed by atoms with Gasteiger partial charge in [0.1, 0.15) is 0 Å². The standard InChI is InChI=1S/C18H21NO3/c1-14-6-8-15(9-7-14)13-22-16-4-2-10-19(12-16)18(20)17-5-3-11-21-17/h3,5-9,11,16H,2,4,10,12-13H2,1H3/t16-/m0/s1. The van der Waals surface area contributed by atoms with E-state index in [0.29, 0.717) is 18.9 Å². The molecule has 2 heterocycles. The largest absolute Gasteiger partial charge is 0.459 e. The highest BCUT2D eigenvalue weighted by atomic mass is 16.5. The van der Waals surface area contributed by atoms with Crippen LogP contribution in [0.15, 0.2) is 47.1 Å². The summed E-state index contributed by atoms with van der Waals surface area (Å²) >= 11 is 0. The number of carbonyl (C=O) groups is 1. The molecule has 1 fully saturated rings. The first kappa shape index (κ1) is 14.9. The smallest absolute Gasteiger partial charge is 0.289 e. The Balaban J connectivity index is 1.54. The molecule has 116 valence electrons. The molecule has 0 N–H and O–H groups in total. The Morgan fingerprint density at radius 3 is 2.86 bits per heavy atom. The van der Waals surface area contributed by atoms with E-state index < -0.39 is 0 Å². The zero-order chi connectivity index (χ0) is 15.4. The highest BCUT2D eigenvalue weighted by Gasteiger charge is 2.26. The summed E-state index contributed by atoms with van der Waals surface area (Å²) in [5.74, 6) is 0.354. The molecule has 0 unspecified atom stereocenters. The van der Waals surface area contributed by atoms with Crippen molar-refractivity contribution >= 4 is 5.91 Å². The van der Waals surface area contributed by atoms with E-state index in [4.69, 9.17) is 9.15 Å². The summed E-state index contributed by atoms with van der Waals surface area (Å²) in [6.45, 7) is 4.06. The Bertz CT molecular complexity index is 604. The molecule has 1 amide bonds. The van der Waals surface area contributed by atoms with Gasteiger partial charge < -0.3 is 14.1 Å². The Labute approximate surface area is 130 Å². The summed E-state index contributed by atoms with van der Waals surface area (Å²) < 4.78 is 11.2. The first-order valence-electron chi connectivity index (χ1n) is 7.72. The Morgan fingerprint density at radius 1 is 1.32 bits per heavy atom. The third-order valence-electron chi connectivity index (χ3n) is 4.00. The molecule has 1 saturated heterocycles. The number of nitrogens with zero attached hydrogens (tertiary/aromatic N) is 1. The van der Waals surface area contributed by atoms with Gasteiger partial charge in [-0.15, -0.1) is 0 Å². The SMILES string of the molecule is Cc1ccc(CO[C@H]2CCCN(C(=O)c3ccco3)C2)cc1. The second kappa shape index (κ2) is 6.79. The molecule has 0 saturated carbocycles. The van der Waals surface area contributed by atoms with Crippen LogP contribution in [0, 0.1) is 6.92 Å². The van der Waals surface area contributed by atoms with Crippen LogP contribution in [0.3, 0.4) is 0 Å². The number of likely N-dealkylation sites (tertiary alicyclic amines) is 1. The lowest BCUT2D eigenvalue weighted by Gasteiger charge is -2.32. The first-order valence-corrected chi connectivity index (χ1v) is 7.72. The second-order valence-electron chi connectivity index (χ2n) is 5.79. The van der Waals surface area contributed by atoms with Crippen LogP contribution in [0.2, 0.25) is 0 Å². The quantitative estimate of drug-likeness (QED) is 0.869. The number of hydrogen-bond donors (Lipinski definition) is 0. The van der Waals surface area contributed by atoms with E-state index >= 15 is 0 Å². The molecule has 1 aliphatic rings. The molecule has 1 atom stereocenters. The number of amides is 1. The minimum absolute atomic E-state index is 0.0476. The van der Waals surface area contributed by atoms with Crippen molar-refractivity contribution in [1.82, 2.24) is 4.90 Å². The predicted molar refractivity (Wildman–Crippen MR) is 83.6 cm³/mol. The fraction of sp³-hybridized carbons (Fsp3) is 0.389. The Hall–Kier alpha value is -2.07. The Kier molecular flexibility index (Phi) is 4.59. The maximum atomic E-state index is 12.3. The molecule has 2 aromatic rings. The average Bonchev–Trinajstić information content (AvgIpc) is 3.08. The van der Waals surface area contributed by atoms with Gasteiger partial charge >= 0.3 is 0 Å². The van der Waals surface area contributed by atoms with Gasteiger partial charge in [-0.3, -0.25) is 4.79 Å². The van der Waals surface area contributed by atoms with Crippen molar-refractivity contribution in [2.75, 3.05) is 13.1 Å². The van der Waals surface area contributed by atoms with E-state index in [9.17, 15) is 4.79 Å². The number of furan rings is 1. The summed E-state index contributed by atoms with van der Waals surface area (Å²) in [7, 11) is 0.